The summed E-state index contributed by atoms with van der Waals surface area (Å²) < 4.78 is 5.82. The zero-order valence-corrected chi connectivity index (χ0v) is 21.2. The predicted molar refractivity (Wildman–Crippen MR) is 127 cm³/mol. The lowest BCUT2D eigenvalue weighted by molar-refractivity contribution is -0.242. The van der Waals surface area contributed by atoms with E-state index >= 15 is 0 Å². The van der Waals surface area contributed by atoms with Gasteiger partial charge in [0.05, 0.1) is 11.5 Å². The van der Waals surface area contributed by atoms with Gasteiger partial charge in [0, 0.05) is 30.9 Å². The Bertz CT molecular complexity index is 911. The lowest BCUT2D eigenvalue weighted by atomic mass is 9.42. The van der Waals surface area contributed by atoms with Gasteiger partial charge in [0.2, 0.25) is 0 Å². The molecule has 0 aromatic carbocycles. The van der Waals surface area contributed by atoms with Gasteiger partial charge in [-0.1, -0.05) is 12.5 Å². The van der Waals surface area contributed by atoms with Crippen molar-refractivity contribution in [3.8, 4) is 0 Å². The van der Waals surface area contributed by atoms with Gasteiger partial charge in [0.1, 0.15) is 17.5 Å². The van der Waals surface area contributed by atoms with Crippen LogP contribution >= 0.6 is 0 Å². The van der Waals surface area contributed by atoms with E-state index in [0.717, 1.165) is 31.3 Å². The molecule has 10 atom stereocenters. The molecule has 0 saturated heterocycles. The van der Waals surface area contributed by atoms with Crippen LogP contribution in [0.3, 0.4) is 0 Å². The molecule has 4 saturated carbocycles. The average molecular weight is 475 g/mol. The van der Waals surface area contributed by atoms with Crippen LogP contribution in [0, 0.1) is 40.4 Å². The molecule has 1 heterocycles. The van der Waals surface area contributed by atoms with Crippen LogP contribution in [-0.2, 0) is 14.3 Å². The molecule has 0 aromatic heterocycles. The lowest BCUT2D eigenvalue weighted by Gasteiger charge is -2.64. The summed E-state index contributed by atoms with van der Waals surface area (Å²) in [5, 5.41) is 33.3. The van der Waals surface area contributed by atoms with Crippen molar-refractivity contribution in [2.24, 2.45) is 40.4 Å². The molecule has 4 fully saturated rings. The van der Waals surface area contributed by atoms with Gasteiger partial charge >= 0.3 is 5.97 Å². The molecular weight excluding hydrogens is 432 g/mol. The number of rotatable bonds is 3. The molecular formula is C28H42O6. The van der Waals surface area contributed by atoms with Crippen molar-refractivity contribution in [3.63, 3.8) is 0 Å². The van der Waals surface area contributed by atoms with Gasteiger partial charge in [-0.3, -0.25) is 4.79 Å². The highest BCUT2D eigenvalue weighted by molar-refractivity contribution is 5.89. The summed E-state index contributed by atoms with van der Waals surface area (Å²) in [7, 11) is 0. The standard InChI is InChI=1S/C28H42O6/c1-15-12-22(34-25(32)16(15)2)18(14-29)20-8-7-19-17-13-24(31)28(33)10-5-6-23(30)27(28,4)21(17)9-11-26(19,20)3/h17-22,24,29,31,33H,5-14H2,1-4H3/t17-,18+,19-,20+,21-,22+,24+,26-,27-,28-/m0/s1. The molecule has 6 heteroatoms. The van der Waals surface area contributed by atoms with Crippen LogP contribution in [0.15, 0.2) is 11.1 Å². The Morgan fingerprint density at radius 2 is 1.82 bits per heavy atom. The number of Topliss-reactive ketones (excluding diaryl/α,β-unsaturated/α-hetero) is 1. The lowest BCUT2D eigenvalue weighted by Crippen LogP contribution is -2.70. The van der Waals surface area contributed by atoms with Crippen LogP contribution in [0.25, 0.3) is 0 Å². The van der Waals surface area contributed by atoms with E-state index in [1.54, 1.807) is 6.92 Å². The smallest absolute Gasteiger partial charge is 0.333 e. The largest absolute Gasteiger partial charge is 0.458 e. The molecule has 5 rings (SSSR count). The molecule has 0 spiro atoms. The Morgan fingerprint density at radius 1 is 1.09 bits per heavy atom. The SMILES string of the molecule is CC1=C(C)C(=O)O[C@@H]([C@H](CO)[C@H]2CC[C@H]3[C@@H]4C[C@@H](O)[C@@]5(O)CCCC(=O)[C@]5(C)[C@H]4CC[C@]23C)C1. The Kier molecular flexibility index (Phi) is 5.85. The van der Waals surface area contributed by atoms with Crippen LogP contribution in [0.4, 0.5) is 0 Å². The Balaban J connectivity index is 1.44. The van der Waals surface area contributed by atoms with Gasteiger partial charge < -0.3 is 20.1 Å². The van der Waals surface area contributed by atoms with Crippen molar-refractivity contribution in [2.45, 2.75) is 103 Å². The number of carbonyl (C=O) groups excluding carboxylic acids is 2. The molecule has 0 unspecified atom stereocenters. The molecule has 5 aliphatic rings. The maximum Gasteiger partial charge on any atom is 0.333 e. The Labute approximate surface area is 203 Å². The minimum absolute atomic E-state index is 0.01000. The van der Waals surface area contributed by atoms with Gasteiger partial charge in [-0.05, 0) is 94.8 Å². The zero-order chi connectivity index (χ0) is 24.6. The summed E-state index contributed by atoms with van der Waals surface area (Å²) in [5.41, 5.74) is -0.531. The van der Waals surface area contributed by atoms with Crippen LogP contribution < -0.4 is 0 Å². The summed E-state index contributed by atoms with van der Waals surface area (Å²) in [5.74, 6) is 0.550. The molecule has 34 heavy (non-hydrogen) atoms. The van der Waals surface area contributed by atoms with E-state index in [4.69, 9.17) is 4.74 Å². The third-order valence-electron chi connectivity index (χ3n) is 11.7. The van der Waals surface area contributed by atoms with Crippen molar-refractivity contribution in [2.75, 3.05) is 6.61 Å². The maximum absolute atomic E-state index is 13.3. The fourth-order valence-electron chi connectivity index (χ4n) is 9.49. The molecule has 0 amide bonds. The van der Waals surface area contributed by atoms with Crippen molar-refractivity contribution in [1.82, 2.24) is 0 Å². The highest BCUT2D eigenvalue weighted by atomic mass is 16.5. The Morgan fingerprint density at radius 3 is 2.50 bits per heavy atom. The van der Waals surface area contributed by atoms with Crippen molar-refractivity contribution < 1.29 is 29.6 Å². The second-order valence-corrected chi connectivity index (χ2v) is 12.7. The van der Waals surface area contributed by atoms with E-state index in [1.807, 2.05) is 13.8 Å². The second kappa shape index (κ2) is 8.14. The van der Waals surface area contributed by atoms with Gasteiger partial charge in [-0.2, -0.15) is 0 Å². The molecule has 1 aliphatic heterocycles. The maximum atomic E-state index is 13.3. The fourth-order valence-corrected chi connectivity index (χ4v) is 9.49. The number of carbonyl (C=O) groups is 2. The summed E-state index contributed by atoms with van der Waals surface area (Å²) >= 11 is 0. The number of fused-ring (bicyclic) bond motifs is 5. The average Bonchev–Trinajstić information content (AvgIpc) is 3.13. The highest BCUT2D eigenvalue weighted by Gasteiger charge is 2.69. The molecule has 0 aromatic rings. The number of hydrogen-bond acceptors (Lipinski definition) is 6. The third-order valence-corrected chi connectivity index (χ3v) is 11.7. The number of aliphatic hydroxyl groups is 3. The topological polar surface area (TPSA) is 104 Å². The van der Waals surface area contributed by atoms with Crippen molar-refractivity contribution in [3.05, 3.63) is 11.1 Å². The molecule has 6 nitrogen and oxygen atoms in total. The highest BCUT2D eigenvalue weighted by Crippen LogP contribution is 2.68. The first-order valence-electron chi connectivity index (χ1n) is 13.4. The van der Waals surface area contributed by atoms with E-state index in [9.17, 15) is 24.9 Å². The van der Waals surface area contributed by atoms with Crippen molar-refractivity contribution >= 4 is 11.8 Å². The number of cyclic esters (lactones) is 1. The first kappa shape index (κ1) is 24.5. The quantitative estimate of drug-likeness (QED) is 0.541. The van der Waals surface area contributed by atoms with Crippen LogP contribution in [0.5, 0.6) is 0 Å². The monoisotopic (exact) mass is 474 g/mol. The number of ketones is 1. The second-order valence-electron chi connectivity index (χ2n) is 12.7. The third kappa shape index (κ3) is 3.10. The van der Waals surface area contributed by atoms with Crippen LogP contribution in [0.2, 0.25) is 0 Å². The van der Waals surface area contributed by atoms with Crippen LogP contribution in [-0.4, -0.2) is 51.5 Å². The molecule has 0 radical (unpaired) electrons. The minimum Gasteiger partial charge on any atom is -0.458 e. The number of ether oxygens (including phenoxy) is 1. The normalized spacial score (nSPS) is 49.7. The van der Waals surface area contributed by atoms with E-state index in [2.05, 4.69) is 6.92 Å². The first-order valence-corrected chi connectivity index (χ1v) is 13.4. The fraction of sp³-hybridized carbons (Fsp3) is 0.857. The van der Waals surface area contributed by atoms with Gasteiger partial charge in [0.15, 0.2) is 0 Å². The Hall–Kier alpha value is -1.24. The van der Waals surface area contributed by atoms with Gasteiger partial charge in [0.25, 0.3) is 0 Å². The van der Waals surface area contributed by atoms with E-state index in [0.29, 0.717) is 43.6 Å². The molecule has 4 aliphatic carbocycles. The zero-order valence-electron chi connectivity index (χ0n) is 21.2. The van der Waals surface area contributed by atoms with E-state index in [-0.39, 0.29) is 53.6 Å². The van der Waals surface area contributed by atoms with Gasteiger partial charge in [-0.25, -0.2) is 4.79 Å². The van der Waals surface area contributed by atoms with Crippen LogP contribution in [0.1, 0.15) is 85.5 Å². The summed E-state index contributed by atoms with van der Waals surface area (Å²) in [6.45, 7) is 8.03. The number of aliphatic hydroxyl groups excluding tert-OH is 2. The minimum atomic E-state index is -1.32. The summed E-state index contributed by atoms with van der Waals surface area (Å²) in [4.78, 5) is 25.7. The summed E-state index contributed by atoms with van der Waals surface area (Å²) in [6, 6.07) is 0. The number of esters is 1. The van der Waals surface area contributed by atoms with E-state index < -0.39 is 17.1 Å². The summed E-state index contributed by atoms with van der Waals surface area (Å²) in [6.07, 6.45) is 5.39. The van der Waals surface area contributed by atoms with E-state index in [1.165, 1.54) is 0 Å². The first-order chi connectivity index (χ1) is 16.0. The molecule has 0 bridgehead atoms. The van der Waals surface area contributed by atoms with Gasteiger partial charge in [-0.15, -0.1) is 0 Å². The predicted octanol–water partition coefficient (Wildman–Crippen LogP) is 3.56. The molecule has 3 N–H and O–H groups in total. The molecule has 190 valence electrons. The number of hydrogen-bond donors (Lipinski definition) is 3. The van der Waals surface area contributed by atoms with Crippen molar-refractivity contribution in [1.29, 1.82) is 0 Å².